The van der Waals surface area contributed by atoms with Crippen molar-refractivity contribution in [1.29, 1.82) is 0 Å². The number of esters is 1. The van der Waals surface area contributed by atoms with Crippen molar-refractivity contribution in [2.24, 2.45) is 0 Å². The Kier molecular flexibility index (Phi) is 5.85. The summed E-state index contributed by atoms with van der Waals surface area (Å²) in [6.45, 7) is 2.32. The van der Waals surface area contributed by atoms with E-state index in [4.69, 9.17) is 0 Å². The van der Waals surface area contributed by atoms with Crippen molar-refractivity contribution >= 4 is 27.6 Å². The number of benzene rings is 1. The molecule has 1 rings (SSSR count). The van der Waals surface area contributed by atoms with E-state index in [1.807, 2.05) is 6.92 Å². The Bertz CT molecular complexity index is 460. The van der Waals surface area contributed by atoms with Gasteiger partial charge in [-0.3, -0.25) is 0 Å². The highest BCUT2D eigenvalue weighted by molar-refractivity contribution is 9.10. The fourth-order valence-electron chi connectivity index (χ4n) is 1.40. The zero-order chi connectivity index (χ0) is 13.5. The zero-order valence-corrected chi connectivity index (χ0v) is 11.9. The highest BCUT2D eigenvalue weighted by atomic mass is 79.9. The predicted molar refractivity (Wildman–Crippen MR) is 73.0 cm³/mol. The molecule has 0 amide bonds. The molecule has 0 saturated heterocycles. The largest absolute Gasteiger partial charge is 0.466 e. The number of anilines is 1. The van der Waals surface area contributed by atoms with Crippen molar-refractivity contribution in [1.82, 2.24) is 0 Å². The van der Waals surface area contributed by atoms with E-state index in [2.05, 4.69) is 26.0 Å². The van der Waals surface area contributed by atoms with Crippen LogP contribution in [0.1, 0.15) is 13.3 Å². The van der Waals surface area contributed by atoms with Crippen molar-refractivity contribution in [3.05, 3.63) is 40.1 Å². The van der Waals surface area contributed by atoms with Gasteiger partial charge in [-0.2, -0.15) is 0 Å². The van der Waals surface area contributed by atoms with E-state index in [1.54, 1.807) is 18.2 Å². The van der Waals surface area contributed by atoms with Crippen molar-refractivity contribution in [3.63, 3.8) is 0 Å². The van der Waals surface area contributed by atoms with E-state index in [0.717, 1.165) is 0 Å². The van der Waals surface area contributed by atoms with E-state index >= 15 is 0 Å². The second-order valence-electron chi connectivity index (χ2n) is 3.58. The number of methoxy groups -OCH3 is 1. The summed E-state index contributed by atoms with van der Waals surface area (Å²) in [6, 6.07) is 4.77. The molecule has 1 N–H and O–H groups in total. The Morgan fingerprint density at radius 3 is 2.83 bits per heavy atom. The molecule has 98 valence electrons. The second-order valence-corrected chi connectivity index (χ2v) is 4.44. The smallest absolute Gasteiger partial charge is 0.333 e. The molecule has 18 heavy (non-hydrogen) atoms. The first kappa shape index (κ1) is 14.7. The number of carbonyl (C=O) groups is 1. The molecule has 0 spiro atoms. The summed E-state index contributed by atoms with van der Waals surface area (Å²) >= 11 is 3.08. The van der Waals surface area contributed by atoms with Crippen molar-refractivity contribution in [2.75, 3.05) is 19.0 Å². The van der Waals surface area contributed by atoms with Gasteiger partial charge in [0.25, 0.3) is 0 Å². The van der Waals surface area contributed by atoms with E-state index in [0.29, 0.717) is 28.7 Å². The van der Waals surface area contributed by atoms with Crippen molar-refractivity contribution in [2.45, 2.75) is 13.3 Å². The van der Waals surface area contributed by atoms with Gasteiger partial charge >= 0.3 is 5.97 Å². The summed E-state index contributed by atoms with van der Waals surface area (Å²) in [5.74, 6) is -0.658. The van der Waals surface area contributed by atoms with Crippen molar-refractivity contribution < 1.29 is 13.9 Å². The van der Waals surface area contributed by atoms with E-state index < -0.39 is 0 Å². The van der Waals surface area contributed by atoms with Gasteiger partial charge < -0.3 is 10.1 Å². The van der Waals surface area contributed by atoms with Gasteiger partial charge in [0.05, 0.1) is 11.6 Å². The number of hydrogen-bond donors (Lipinski definition) is 1. The molecule has 0 atom stereocenters. The molecule has 0 aliphatic heterocycles. The topological polar surface area (TPSA) is 38.3 Å². The van der Waals surface area contributed by atoms with Crippen LogP contribution in [0, 0.1) is 5.82 Å². The highest BCUT2D eigenvalue weighted by Gasteiger charge is 2.06. The highest BCUT2D eigenvalue weighted by Crippen LogP contribution is 2.19. The number of halogens is 2. The summed E-state index contributed by atoms with van der Waals surface area (Å²) in [5, 5.41) is 3.01. The van der Waals surface area contributed by atoms with Gasteiger partial charge in [0, 0.05) is 17.8 Å². The Morgan fingerprint density at radius 1 is 1.56 bits per heavy atom. The van der Waals surface area contributed by atoms with Crippen LogP contribution in [0.15, 0.2) is 34.3 Å². The van der Waals surface area contributed by atoms with E-state index in [1.165, 1.54) is 13.2 Å². The summed E-state index contributed by atoms with van der Waals surface area (Å²) in [5.41, 5.74) is 1.26. The number of nitrogens with one attached hydrogen (secondary N) is 1. The van der Waals surface area contributed by atoms with Crippen LogP contribution in [0.25, 0.3) is 0 Å². The van der Waals surface area contributed by atoms with Gasteiger partial charge in [-0.05, 0) is 40.5 Å². The fraction of sp³-hybridized carbons (Fsp3) is 0.308. The molecule has 0 heterocycles. The van der Waals surface area contributed by atoms with Crippen LogP contribution in [0.3, 0.4) is 0 Å². The van der Waals surface area contributed by atoms with Crippen LogP contribution in [-0.4, -0.2) is 19.6 Å². The third-order valence-corrected chi connectivity index (χ3v) is 3.05. The van der Waals surface area contributed by atoms with Crippen molar-refractivity contribution in [3.8, 4) is 0 Å². The van der Waals surface area contributed by atoms with Crippen LogP contribution in [0.5, 0.6) is 0 Å². The number of carbonyl (C=O) groups excluding carboxylic acids is 1. The lowest BCUT2D eigenvalue weighted by Gasteiger charge is -2.06. The molecular formula is C13H15BrFNO2. The second kappa shape index (κ2) is 7.16. The minimum Gasteiger partial charge on any atom is -0.466 e. The minimum absolute atomic E-state index is 0.326. The number of ether oxygens (including phenoxy) is 1. The first-order valence-electron chi connectivity index (χ1n) is 5.54. The first-order chi connectivity index (χ1) is 8.58. The molecule has 0 aliphatic carbocycles. The summed E-state index contributed by atoms with van der Waals surface area (Å²) < 4.78 is 18.3. The summed E-state index contributed by atoms with van der Waals surface area (Å²) in [6.07, 6.45) is 2.34. The number of rotatable bonds is 5. The molecule has 1 aromatic carbocycles. The minimum atomic E-state index is -0.332. The van der Waals surface area contributed by atoms with E-state index in [9.17, 15) is 9.18 Å². The van der Waals surface area contributed by atoms with Crippen LogP contribution < -0.4 is 5.32 Å². The third-order valence-electron chi connectivity index (χ3n) is 2.40. The quantitative estimate of drug-likeness (QED) is 0.667. The fourth-order valence-corrected chi connectivity index (χ4v) is 1.65. The molecule has 0 fully saturated rings. The summed E-state index contributed by atoms with van der Waals surface area (Å²) in [4.78, 5) is 11.3. The normalized spacial score (nSPS) is 11.2. The molecule has 3 nitrogen and oxygen atoms in total. The zero-order valence-electron chi connectivity index (χ0n) is 10.3. The lowest BCUT2D eigenvalue weighted by molar-refractivity contribution is -0.136. The van der Waals surface area contributed by atoms with Gasteiger partial charge in [-0.15, -0.1) is 0 Å². The maximum atomic E-state index is 13.2. The van der Waals surface area contributed by atoms with E-state index in [-0.39, 0.29) is 11.8 Å². The predicted octanol–water partition coefficient (Wildman–Crippen LogP) is 3.51. The lowest BCUT2D eigenvalue weighted by atomic mass is 10.2. The molecule has 0 aromatic heterocycles. The molecule has 5 heteroatoms. The standard InChI is InChI=1S/C13H15BrFNO2/c1-3-9(13(17)18-2)6-7-16-10-4-5-11(14)12(15)8-10/h4-6,8,16H,3,7H2,1-2H3/b9-6-. The van der Waals surface area contributed by atoms with Gasteiger partial charge in [0.15, 0.2) is 0 Å². The molecule has 0 saturated carbocycles. The van der Waals surface area contributed by atoms with Crippen LogP contribution in [0.2, 0.25) is 0 Å². The van der Waals surface area contributed by atoms with Gasteiger partial charge in [-0.1, -0.05) is 13.0 Å². The SMILES string of the molecule is CC/C(=C/CNc1ccc(Br)c(F)c1)C(=O)OC. The molecular weight excluding hydrogens is 301 g/mol. The first-order valence-corrected chi connectivity index (χ1v) is 6.34. The van der Waals surface area contributed by atoms with Crippen LogP contribution in [-0.2, 0) is 9.53 Å². The molecule has 0 unspecified atom stereocenters. The Morgan fingerprint density at radius 2 is 2.28 bits per heavy atom. The summed E-state index contributed by atoms with van der Waals surface area (Å²) in [7, 11) is 1.35. The maximum Gasteiger partial charge on any atom is 0.333 e. The molecule has 1 aromatic rings. The Hall–Kier alpha value is -1.36. The monoisotopic (exact) mass is 315 g/mol. The van der Waals surface area contributed by atoms with Gasteiger partial charge in [0.2, 0.25) is 0 Å². The Labute approximate surface area is 114 Å². The average Bonchev–Trinajstić information content (AvgIpc) is 2.38. The molecule has 0 aliphatic rings. The number of hydrogen-bond acceptors (Lipinski definition) is 3. The lowest BCUT2D eigenvalue weighted by Crippen LogP contribution is -2.07. The van der Waals surface area contributed by atoms with Crippen LogP contribution >= 0.6 is 15.9 Å². The third kappa shape index (κ3) is 4.14. The molecule has 0 radical (unpaired) electrons. The Balaban J connectivity index is 2.62. The maximum absolute atomic E-state index is 13.2. The van der Waals surface area contributed by atoms with Crippen LogP contribution in [0.4, 0.5) is 10.1 Å². The van der Waals surface area contributed by atoms with Gasteiger partial charge in [-0.25, -0.2) is 9.18 Å². The van der Waals surface area contributed by atoms with Gasteiger partial charge in [0.1, 0.15) is 5.82 Å². The average molecular weight is 316 g/mol. The molecule has 0 bridgehead atoms.